The molecule has 1 fully saturated rings. The van der Waals surface area contributed by atoms with Crippen molar-refractivity contribution in [2.45, 2.75) is 64.3 Å². The van der Waals surface area contributed by atoms with Crippen molar-refractivity contribution in [2.75, 3.05) is 6.61 Å². The van der Waals surface area contributed by atoms with E-state index in [-0.39, 0.29) is 32.3 Å². The molecule has 39 heavy (non-hydrogen) atoms. The molecule has 0 unspecified atom stereocenters. The van der Waals surface area contributed by atoms with Gasteiger partial charge >= 0.3 is 5.97 Å². The van der Waals surface area contributed by atoms with Crippen LogP contribution in [0.1, 0.15) is 30.5 Å². The lowest BCUT2D eigenvalue weighted by molar-refractivity contribution is -0.291. The van der Waals surface area contributed by atoms with Crippen molar-refractivity contribution in [1.82, 2.24) is 5.32 Å². The van der Waals surface area contributed by atoms with E-state index in [0.717, 1.165) is 16.7 Å². The summed E-state index contributed by atoms with van der Waals surface area (Å²) >= 11 is 0. The van der Waals surface area contributed by atoms with Crippen molar-refractivity contribution in [3.05, 3.63) is 108 Å². The topological polar surface area (TPSA) is 92.3 Å². The lowest BCUT2D eigenvalue weighted by Crippen LogP contribution is -2.66. The highest BCUT2D eigenvalue weighted by Crippen LogP contribution is 2.29. The summed E-state index contributed by atoms with van der Waals surface area (Å²) < 4.78 is 30.7. The third-order valence-corrected chi connectivity index (χ3v) is 6.29. The van der Waals surface area contributed by atoms with Gasteiger partial charge in [0, 0.05) is 13.8 Å². The molecule has 0 radical (unpaired) electrons. The van der Waals surface area contributed by atoms with Crippen LogP contribution in [0.5, 0.6) is 0 Å². The van der Waals surface area contributed by atoms with Gasteiger partial charge in [-0.25, -0.2) is 0 Å². The van der Waals surface area contributed by atoms with Crippen LogP contribution in [-0.4, -0.2) is 49.1 Å². The molecule has 0 saturated carbocycles. The Morgan fingerprint density at radius 3 is 1.62 bits per heavy atom. The molecular weight excluding hydrogens is 498 g/mol. The molecule has 206 valence electrons. The highest BCUT2D eigenvalue weighted by molar-refractivity contribution is 5.73. The molecule has 0 spiro atoms. The van der Waals surface area contributed by atoms with Gasteiger partial charge in [0.1, 0.15) is 31.0 Å². The maximum absolute atomic E-state index is 12.3. The van der Waals surface area contributed by atoms with Crippen molar-refractivity contribution in [3.8, 4) is 0 Å². The first-order valence-electron chi connectivity index (χ1n) is 13.0. The fourth-order valence-electron chi connectivity index (χ4n) is 4.45. The molecule has 0 aromatic heterocycles. The predicted octanol–water partition coefficient (Wildman–Crippen LogP) is 4.17. The van der Waals surface area contributed by atoms with Crippen LogP contribution in [-0.2, 0) is 53.1 Å². The van der Waals surface area contributed by atoms with Crippen LogP contribution < -0.4 is 5.32 Å². The van der Waals surface area contributed by atoms with Crippen molar-refractivity contribution in [3.63, 3.8) is 0 Å². The normalized spacial score (nSPS) is 22.7. The van der Waals surface area contributed by atoms with Gasteiger partial charge in [0.05, 0.1) is 19.8 Å². The summed E-state index contributed by atoms with van der Waals surface area (Å²) in [6, 6.07) is 28.4. The number of esters is 1. The van der Waals surface area contributed by atoms with Gasteiger partial charge in [-0.3, -0.25) is 9.59 Å². The smallest absolute Gasteiger partial charge is 0.302 e. The van der Waals surface area contributed by atoms with Crippen LogP contribution in [0.2, 0.25) is 0 Å². The number of hydrogen-bond acceptors (Lipinski definition) is 7. The van der Waals surface area contributed by atoms with E-state index in [4.69, 9.17) is 23.7 Å². The van der Waals surface area contributed by atoms with Gasteiger partial charge in [-0.15, -0.1) is 0 Å². The van der Waals surface area contributed by atoms with Crippen LogP contribution in [0.15, 0.2) is 91.0 Å². The summed E-state index contributed by atoms with van der Waals surface area (Å²) in [4.78, 5) is 24.1. The Morgan fingerprint density at radius 1 is 0.692 bits per heavy atom. The van der Waals surface area contributed by atoms with Crippen LogP contribution in [0.25, 0.3) is 0 Å². The van der Waals surface area contributed by atoms with Crippen LogP contribution in [0.4, 0.5) is 0 Å². The molecule has 1 amide bonds. The zero-order chi connectivity index (χ0) is 27.5. The standard InChI is InChI=1S/C31H35NO7/c1-22(33)32-28-30(37-19-25-14-8-4-9-15-25)29(36-18-24-12-6-3-7-13-24)27(21-35-23(2)34)39-31(28)38-20-26-16-10-5-11-17-26/h3-17,27-31H,18-21H2,1-2H3,(H,32,33)/t27-,28-,29-,30-,31-/m1/s1. The zero-order valence-electron chi connectivity index (χ0n) is 22.2. The van der Waals surface area contributed by atoms with E-state index in [1.165, 1.54) is 13.8 Å². The Bertz CT molecular complexity index is 1160. The molecule has 1 aliphatic rings. The Morgan fingerprint density at radius 2 is 1.15 bits per heavy atom. The SMILES string of the molecule is CC(=O)N[C@H]1[C@H](OCc2ccccc2)O[C@H](COC(C)=O)[C@@H](OCc2ccccc2)[C@@H]1OCc1ccccc1. The number of amides is 1. The van der Waals surface area contributed by atoms with Gasteiger partial charge in [0.25, 0.3) is 0 Å². The molecule has 8 heteroatoms. The molecule has 5 atom stereocenters. The Labute approximate surface area is 229 Å². The molecule has 1 aliphatic heterocycles. The van der Waals surface area contributed by atoms with Crippen LogP contribution >= 0.6 is 0 Å². The van der Waals surface area contributed by atoms with Gasteiger partial charge in [-0.05, 0) is 16.7 Å². The zero-order valence-corrected chi connectivity index (χ0v) is 22.2. The van der Waals surface area contributed by atoms with E-state index in [1.807, 2.05) is 91.0 Å². The quantitative estimate of drug-likeness (QED) is 0.350. The van der Waals surface area contributed by atoms with Crippen molar-refractivity contribution < 1.29 is 33.3 Å². The molecule has 1 saturated heterocycles. The largest absolute Gasteiger partial charge is 0.463 e. The number of nitrogens with one attached hydrogen (secondary N) is 1. The summed E-state index contributed by atoms with van der Waals surface area (Å²) in [5.41, 5.74) is 2.87. The number of benzene rings is 3. The van der Waals surface area contributed by atoms with E-state index in [0.29, 0.717) is 0 Å². The second-order valence-electron chi connectivity index (χ2n) is 9.39. The average Bonchev–Trinajstić information content (AvgIpc) is 2.95. The molecule has 3 aromatic carbocycles. The number of hydrogen-bond donors (Lipinski definition) is 1. The highest BCUT2D eigenvalue weighted by atomic mass is 16.7. The first-order chi connectivity index (χ1) is 19.0. The van der Waals surface area contributed by atoms with Gasteiger partial charge in [0.15, 0.2) is 6.29 Å². The number of ether oxygens (including phenoxy) is 5. The predicted molar refractivity (Wildman–Crippen MR) is 144 cm³/mol. The molecule has 1 N–H and O–H groups in total. The third kappa shape index (κ3) is 8.73. The minimum Gasteiger partial charge on any atom is -0.463 e. The summed E-state index contributed by atoms with van der Waals surface area (Å²) in [6.45, 7) is 3.53. The summed E-state index contributed by atoms with van der Waals surface area (Å²) in [7, 11) is 0. The molecule has 8 nitrogen and oxygen atoms in total. The Kier molecular flexibility index (Phi) is 10.6. The minimum atomic E-state index is -0.882. The summed E-state index contributed by atoms with van der Waals surface area (Å²) in [5, 5.41) is 2.97. The Hall–Kier alpha value is -3.56. The molecule has 3 aromatic rings. The first-order valence-corrected chi connectivity index (χ1v) is 13.0. The molecule has 4 rings (SSSR count). The monoisotopic (exact) mass is 533 g/mol. The fraction of sp³-hybridized carbons (Fsp3) is 0.355. The number of carbonyl (C=O) groups is 2. The van der Waals surface area contributed by atoms with E-state index in [1.54, 1.807) is 0 Å². The average molecular weight is 534 g/mol. The van der Waals surface area contributed by atoms with Gasteiger partial charge in [-0.1, -0.05) is 91.0 Å². The molecule has 0 bridgehead atoms. The van der Waals surface area contributed by atoms with Crippen LogP contribution in [0.3, 0.4) is 0 Å². The molecular formula is C31H35NO7. The highest BCUT2D eigenvalue weighted by Gasteiger charge is 2.49. The van der Waals surface area contributed by atoms with Crippen molar-refractivity contribution >= 4 is 11.9 Å². The number of carbonyl (C=O) groups excluding carboxylic acids is 2. The van der Waals surface area contributed by atoms with Crippen molar-refractivity contribution in [2.24, 2.45) is 0 Å². The summed E-state index contributed by atoms with van der Waals surface area (Å²) in [6.07, 6.45) is -2.94. The van der Waals surface area contributed by atoms with Gasteiger partial charge in [-0.2, -0.15) is 0 Å². The lowest BCUT2D eigenvalue weighted by Gasteiger charge is -2.46. The summed E-state index contributed by atoms with van der Waals surface area (Å²) in [5.74, 6) is -0.696. The molecule has 1 heterocycles. The van der Waals surface area contributed by atoms with Gasteiger partial charge < -0.3 is 29.0 Å². The second-order valence-corrected chi connectivity index (χ2v) is 9.39. The molecule has 0 aliphatic carbocycles. The first kappa shape index (κ1) is 28.4. The van der Waals surface area contributed by atoms with Crippen molar-refractivity contribution in [1.29, 1.82) is 0 Å². The van der Waals surface area contributed by atoms with Gasteiger partial charge in [0.2, 0.25) is 5.91 Å². The maximum Gasteiger partial charge on any atom is 0.302 e. The lowest BCUT2D eigenvalue weighted by atomic mass is 9.95. The Balaban J connectivity index is 1.63. The maximum atomic E-state index is 12.3. The number of rotatable bonds is 12. The van der Waals surface area contributed by atoms with E-state index in [9.17, 15) is 9.59 Å². The third-order valence-electron chi connectivity index (χ3n) is 6.29. The van der Waals surface area contributed by atoms with Crippen LogP contribution in [0, 0.1) is 0 Å². The van der Waals surface area contributed by atoms with E-state index >= 15 is 0 Å². The second kappa shape index (κ2) is 14.6. The fourth-order valence-corrected chi connectivity index (χ4v) is 4.45. The van der Waals surface area contributed by atoms with E-state index in [2.05, 4.69) is 5.32 Å². The van der Waals surface area contributed by atoms with E-state index < -0.39 is 36.6 Å². The minimum absolute atomic E-state index is 0.0576.